The number of hydrogen-bond acceptors (Lipinski definition) is 2. The molecule has 0 saturated carbocycles. The maximum atomic E-state index is 12.0. The highest BCUT2D eigenvalue weighted by molar-refractivity contribution is 5.74. The predicted molar refractivity (Wildman–Crippen MR) is 70.3 cm³/mol. The van der Waals surface area contributed by atoms with Gasteiger partial charge in [-0.25, -0.2) is 4.79 Å². The molecule has 0 bridgehead atoms. The lowest BCUT2D eigenvalue weighted by Gasteiger charge is -2.33. The molecule has 1 aromatic heterocycles. The maximum absolute atomic E-state index is 12.0. The predicted octanol–water partition coefficient (Wildman–Crippen LogP) is 1.86. The molecule has 1 fully saturated rings. The van der Waals surface area contributed by atoms with Crippen LogP contribution in [-0.4, -0.2) is 39.8 Å². The average Bonchev–Trinajstić information content (AvgIpc) is 2.88. The molecule has 100 valence electrons. The van der Waals surface area contributed by atoms with E-state index in [9.17, 15) is 4.79 Å². The van der Waals surface area contributed by atoms with Crippen molar-refractivity contribution in [1.82, 2.24) is 20.0 Å². The standard InChI is InChI=1S/C13H22N4O/c1-12-6-2-3-11-17(12)13(18)14-7-4-9-16-10-5-8-15-16/h5,8,10,12H,2-4,6-7,9,11H2,1H3,(H,14,18). The molecule has 1 aromatic rings. The minimum atomic E-state index is 0.0858. The number of urea groups is 1. The number of hydrogen-bond donors (Lipinski definition) is 1. The van der Waals surface area contributed by atoms with Gasteiger partial charge in [0.25, 0.3) is 0 Å². The Morgan fingerprint density at radius 3 is 3.11 bits per heavy atom. The van der Waals surface area contributed by atoms with Gasteiger partial charge in [0, 0.05) is 38.1 Å². The van der Waals surface area contributed by atoms with E-state index in [1.807, 2.05) is 21.8 Å². The highest BCUT2D eigenvalue weighted by atomic mass is 16.2. The molecule has 5 heteroatoms. The third kappa shape index (κ3) is 3.48. The zero-order valence-corrected chi connectivity index (χ0v) is 11.0. The van der Waals surface area contributed by atoms with Gasteiger partial charge >= 0.3 is 6.03 Å². The first-order valence-corrected chi connectivity index (χ1v) is 6.79. The number of piperidine rings is 1. The number of carbonyl (C=O) groups excluding carboxylic acids is 1. The summed E-state index contributed by atoms with van der Waals surface area (Å²) >= 11 is 0. The van der Waals surface area contributed by atoms with Crippen molar-refractivity contribution in [3.05, 3.63) is 18.5 Å². The monoisotopic (exact) mass is 250 g/mol. The van der Waals surface area contributed by atoms with Crippen LogP contribution < -0.4 is 5.32 Å². The van der Waals surface area contributed by atoms with Gasteiger partial charge in [0.1, 0.15) is 0 Å². The fraction of sp³-hybridized carbons (Fsp3) is 0.692. The summed E-state index contributed by atoms with van der Waals surface area (Å²) in [5, 5.41) is 7.12. The van der Waals surface area contributed by atoms with Gasteiger partial charge in [-0.3, -0.25) is 4.68 Å². The summed E-state index contributed by atoms with van der Waals surface area (Å²) in [6.07, 6.45) is 8.12. The van der Waals surface area contributed by atoms with Crippen LogP contribution >= 0.6 is 0 Å². The molecular formula is C13H22N4O. The molecule has 1 atom stereocenters. The summed E-state index contributed by atoms with van der Waals surface area (Å²) in [5.74, 6) is 0. The molecule has 1 aliphatic heterocycles. The summed E-state index contributed by atoms with van der Waals surface area (Å²) in [6.45, 7) is 4.58. The van der Waals surface area contributed by atoms with Crippen molar-refractivity contribution in [2.45, 2.75) is 45.2 Å². The number of nitrogens with zero attached hydrogens (tertiary/aromatic N) is 3. The highest BCUT2D eigenvalue weighted by Gasteiger charge is 2.22. The van der Waals surface area contributed by atoms with Gasteiger partial charge in [-0.1, -0.05) is 0 Å². The molecule has 2 rings (SSSR count). The summed E-state index contributed by atoms with van der Waals surface area (Å²) in [7, 11) is 0. The largest absolute Gasteiger partial charge is 0.338 e. The van der Waals surface area contributed by atoms with E-state index in [0.717, 1.165) is 32.4 Å². The van der Waals surface area contributed by atoms with Crippen molar-refractivity contribution < 1.29 is 4.79 Å². The minimum Gasteiger partial charge on any atom is -0.338 e. The molecule has 0 spiro atoms. The van der Waals surface area contributed by atoms with Crippen LogP contribution in [0, 0.1) is 0 Å². The zero-order valence-electron chi connectivity index (χ0n) is 11.0. The average molecular weight is 250 g/mol. The number of carbonyl (C=O) groups is 1. The Balaban J connectivity index is 1.65. The SMILES string of the molecule is CC1CCCCN1C(=O)NCCCn1cccn1. The van der Waals surface area contributed by atoms with Crippen LogP contribution in [0.2, 0.25) is 0 Å². The van der Waals surface area contributed by atoms with Crippen molar-refractivity contribution in [2.75, 3.05) is 13.1 Å². The molecule has 0 aromatic carbocycles. The van der Waals surface area contributed by atoms with E-state index in [4.69, 9.17) is 0 Å². The Bertz CT molecular complexity index is 363. The van der Waals surface area contributed by atoms with Gasteiger partial charge in [0.15, 0.2) is 0 Å². The zero-order chi connectivity index (χ0) is 12.8. The number of aromatic nitrogens is 2. The lowest BCUT2D eigenvalue weighted by molar-refractivity contribution is 0.158. The quantitative estimate of drug-likeness (QED) is 0.829. The van der Waals surface area contributed by atoms with E-state index in [2.05, 4.69) is 17.3 Å². The highest BCUT2D eigenvalue weighted by Crippen LogP contribution is 2.15. The summed E-state index contributed by atoms with van der Waals surface area (Å²) in [6, 6.07) is 2.38. The molecule has 18 heavy (non-hydrogen) atoms. The summed E-state index contributed by atoms with van der Waals surface area (Å²) < 4.78 is 1.88. The second-order valence-electron chi connectivity index (χ2n) is 4.89. The molecule has 2 heterocycles. The van der Waals surface area contributed by atoms with E-state index in [-0.39, 0.29) is 6.03 Å². The number of likely N-dealkylation sites (tertiary alicyclic amines) is 1. The van der Waals surface area contributed by atoms with Gasteiger partial charge in [0.2, 0.25) is 0 Å². The lowest BCUT2D eigenvalue weighted by Crippen LogP contribution is -2.47. The Morgan fingerprint density at radius 2 is 2.39 bits per heavy atom. The van der Waals surface area contributed by atoms with Crippen LogP contribution in [0.1, 0.15) is 32.6 Å². The maximum Gasteiger partial charge on any atom is 0.317 e. The van der Waals surface area contributed by atoms with Crippen molar-refractivity contribution in [1.29, 1.82) is 0 Å². The van der Waals surface area contributed by atoms with Gasteiger partial charge in [-0.2, -0.15) is 5.10 Å². The smallest absolute Gasteiger partial charge is 0.317 e. The van der Waals surface area contributed by atoms with Crippen LogP contribution in [0.25, 0.3) is 0 Å². The molecule has 2 amide bonds. The van der Waals surface area contributed by atoms with E-state index in [1.54, 1.807) is 6.20 Å². The van der Waals surface area contributed by atoms with Crippen LogP contribution in [0.5, 0.6) is 0 Å². The Labute approximate surface area is 108 Å². The first kappa shape index (κ1) is 12.9. The normalized spacial score (nSPS) is 19.8. The van der Waals surface area contributed by atoms with E-state index in [1.165, 1.54) is 6.42 Å². The van der Waals surface area contributed by atoms with Gasteiger partial charge in [-0.05, 0) is 38.7 Å². The molecule has 0 radical (unpaired) electrons. The number of amides is 2. The molecule has 0 aliphatic carbocycles. The second-order valence-corrected chi connectivity index (χ2v) is 4.89. The van der Waals surface area contributed by atoms with Gasteiger partial charge in [0.05, 0.1) is 0 Å². The third-order valence-electron chi connectivity index (χ3n) is 3.46. The minimum absolute atomic E-state index is 0.0858. The van der Waals surface area contributed by atoms with Crippen LogP contribution in [-0.2, 0) is 6.54 Å². The van der Waals surface area contributed by atoms with E-state index in [0.29, 0.717) is 12.6 Å². The number of nitrogens with one attached hydrogen (secondary N) is 1. The summed E-state index contributed by atoms with van der Waals surface area (Å²) in [5.41, 5.74) is 0. The molecule has 1 aliphatic rings. The molecule has 5 nitrogen and oxygen atoms in total. The Hall–Kier alpha value is -1.52. The van der Waals surface area contributed by atoms with Gasteiger partial charge in [-0.15, -0.1) is 0 Å². The van der Waals surface area contributed by atoms with Crippen LogP contribution in [0.3, 0.4) is 0 Å². The molecular weight excluding hydrogens is 228 g/mol. The summed E-state index contributed by atoms with van der Waals surface area (Å²) in [4.78, 5) is 13.9. The van der Waals surface area contributed by atoms with Crippen molar-refractivity contribution in [3.8, 4) is 0 Å². The van der Waals surface area contributed by atoms with Gasteiger partial charge < -0.3 is 10.2 Å². The van der Waals surface area contributed by atoms with Crippen molar-refractivity contribution in [3.63, 3.8) is 0 Å². The van der Waals surface area contributed by atoms with E-state index < -0.39 is 0 Å². The Kier molecular flexibility index (Phi) is 4.61. The van der Waals surface area contributed by atoms with Crippen molar-refractivity contribution in [2.24, 2.45) is 0 Å². The fourth-order valence-corrected chi connectivity index (χ4v) is 2.37. The van der Waals surface area contributed by atoms with Crippen LogP contribution in [0.4, 0.5) is 4.79 Å². The topological polar surface area (TPSA) is 50.2 Å². The first-order valence-electron chi connectivity index (χ1n) is 6.79. The number of rotatable bonds is 4. The van der Waals surface area contributed by atoms with E-state index >= 15 is 0 Å². The fourth-order valence-electron chi connectivity index (χ4n) is 2.37. The lowest BCUT2D eigenvalue weighted by atomic mass is 10.0. The molecule has 1 saturated heterocycles. The first-order chi connectivity index (χ1) is 8.77. The number of aryl methyl sites for hydroxylation is 1. The molecule has 1 N–H and O–H groups in total. The van der Waals surface area contributed by atoms with Crippen molar-refractivity contribution >= 4 is 6.03 Å². The molecule has 1 unspecified atom stereocenters. The third-order valence-corrected chi connectivity index (χ3v) is 3.46. The van der Waals surface area contributed by atoms with Crippen LogP contribution in [0.15, 0.2) is 18.5 Å². The second kappa shape index (κ2) is 6.42. The Morgan fingerprint density at radius 1 is 1.50 bits per heavy atom.